The summed E-state index contributed by atoms with van der Waals surface area (Å²) in [5.74, 6) is -3.11. The van der Waals surface area contributed by atoms with Crippen molar-refractivity contribution < 1.29 is 8.78 Å². The van der Waals surface area contributed by atoms with Gasteiger partial charge in [0.15, 0.2) is 0 Å². The Morgan fingerprint density at radius 1 is 1.29 bits per heavy atom. The maximum Gasteiger partial charge on any atom is 0.277 e. The molecule has 78 valence electrons. The predicted molar refractivity (Wildman–Crippen MR) is 51.8 cm³/mol. The van der Waals surface area contributed by atoms with Crippen LogP contribution in [0.2, 0.25) is 10.0 Å². The molecule has 2 N–H and O–H groups in total. The maximum atomic E-state index is 13.4. The van der Waals surface area contributed by atoms with Crippen LogP contribution in [-0.4, -0.2) is 11.5 Å². The van der Waals surface area contributed by atoms with Crippen LogP contribution in [0.1, 0.15) is 12.0 Å². The molecule has 0 unspecified atom stereocenters. The standard InChI is InChI=1S/C8H8Cl2F2N2/c9-5-3-14-4-6(10)7(5)8(11,12)1-2-13/h3-4H,1-2,13H2. The molecule has 0 aliphatic heterocycles. The van der Waals surface area contributed by atoms with Gasteiger partial charge < -0.3 is 5.73 Å². The lowest BCUT2D eigenvalue weighted by Gasteiger charge is -2.17. The third kappa shape index (κ3) is 2.32. The van der Waals surface area contributed by atoms with E-state index in [0.29, 0.717) is 0 Å². The Kier molecular flexibility index (Phi) is 3.64. The fourth-order valence-corrected chi connectivity index (χ4v) is 1.71. The first-order valence-electron chi connectivity index (χ1n) is 3.86. The van der Waals surface area contributed by atoms with E-state index in [1.165, 1.54) is 0 Å². The Hall–Kier alpha value is -0.450. The molecule has 0 atom stereocenters. The molecule has 1 heterocycles. The van der Waals surface area contributed by atoms with Crippen molar-refractivity contribution in [1.29, 1.82) is 0 Å². The van der Waals surface area contributed by atoms with Crippen LogP contribution in [0.15, 0.2) is 12.4 Å². The van der Waals surface area contributed by atoms with E-state index < -0.39 is 17.9 Å². The second kappa shape index (κ2) is 4.38. The number of nitrogens with two attached hydrogens (primary N) is 1. The van der Waals surface area contributed by atoms with Crippen LogP contribution in [0.5, 0.6) is 0 Å². The molecule has 0 aliphatic rings. The highest BCUT2D eigenvalue weighted by molar-refractivity contribution is 6.35. The topological polar surface area (TPSA) is 38.9 Å². The highest BCUT2D eigenvalue weighted by Gasteiger charge is 2.35. The van der Waals surface area contributed by atoms with Gasteiger partial charge in [0.25, 0.3) is 5.92 Å². The zero-order valence-electron chi connectivity index (χ0n) is 7.11. The molecule has 0 amide bonds. The van der Waals surface area contributed by atoms with Crippen LogP contribution >= 0.6 is 23.2 Å². The Labute approximate surface area is 90.0 Å². The van der Waals surface area contributed by atoms with Crippen molar-refractivity contribution in [2.45, 2.75) is 12.3 Å². The van der Waals surface area contributed by atoms with Crippen LogP contribution in [-0.2, 0) is 5.92 Å². The number of hydrogen-bond acceptors (Lipinski definition) is 2. The van der Waals surface area contributed by atoms with Crippen molar-refractivity contribution in [3.8, 4) is 0 Å². The molecule has 0 aromatic carbocycles. The van der Waals surface area contributed by atoms with Gasteiger partial charge in [0.05, 0.1) is 15.6 Å². The van der Waals surface area contributed by atoms with E-state index >= 15 is 0 Å². The maximum absolute atomic E-state index is 13.4. The van der Waals surface area contributed by atoms with Gasteiger partial charge in [-0.25, -0.2) is 8.78 Å². The zero-order valence-corrected chi connectivity index (χ0v) is 8.62. The van der Waals surface area contributed by atoms with Crippen LogP contribution in [0, 0.1) is 0 Å². The molecule has 1 aromatic rings. The Bertz CT molecular complexity index is 311. The van der Waals surface area contributed by atoms with Crippen molar-refractivity contribution in [2.75, 3.05) is 6.54 Å². The van der Waals surface area contributed by atoms with Gasteiger partial charge in [-0.3, -0.25) is 4.98 Å². The van der Waals surface area contributed by atoms with Crippen molar-refractivity contribution in [1.82, 2.24) is 4.98 Å². The molecule has 6 heteroatoms. The second-order valence-electron chi connectivity index (χ2n) is 2.72. The molecule has 0 aliphatic carbocycles. The molecule has 0 bridgehead atoms. The first kappa shape index (κ1) is 11.6. The Morgan fingerprint density at radius 2 is 1.79 bits per heavy atom. The van der Waals surface area contributed by atoms with E-state index in [1.54, 1.807) is 0 Å². The van der Waals surface area contributed by atoms with Gasteiger partial charge in [-0.05, 0) is 6.54 Å². The summed E-state index contributed by atoms with van der Waals surface area (Å²) in [5.41, 5.74) is 4.67. The molecule has 0 spiro atoms. The monoisotopic (exact) mass is 240 g/mol. The molecule has 1 rings (SSSR count). The highest BCUT2D eigenvalue weighted by atomic mass is 35.5. The van der Waals surface area contributed by atoms with E-state index in [0.717, 1.165) is 12.4 Å². The molecular weight excluding hydrogens is 233 g/mol. The number of rotatable bonds is 3. The lowest BCUT2D eigenvalue weighted by molar-refractivity contribution is -0.0105. The van der Waals surface area contributed by atoms with E-state index in [4.69, 9.17) is 28.9 Å². The van der Waals surface area contributed by atoms with Gasteiger partial charge in [0.1, 0.15) is 0 Å². The zero-order chi connectivity index (χ0) is 10.8. The van der Waals surface area contributed by atoms with Crippen LogP contribution in [0.3, 0.4) is 0 Å². The first-order chi connectivity index (χ1) is 6.49. The number of hydrogen-bond donors (Lipinski definition) is 1. The van der Waals surface area contributed by atoms with Gasteiger partial charge >= 0.3 is 0 Å². The Balaban J connectivity index is 3.17. The van der Waals surface area contributed by atoms with Crippen molar-refractivity contribution in [3.63, 3.8) is 0 Å². The molecule has 14 heavy (non-hydrogen) atoms. The largest absolute Gasteiger partial charge is 0.330 e. The molecule has 0 saturated carbocycles. The lowest BCUT2D eigenvalue weighted by Crippen LogP contribution is -2.19. The minimum absolute atomic E-state index is 0.137. The van der Waals surface area contributed by atoms with Crippen molar-refractivity contribution in [2.24, 2.45) is 5.73 Å². The molecular formula is C8H8Cl2F2N2. The van der Waals surface area contributed by atoms with Gasteiger partial charge in [-0.15, -0.1) is 0 Å². The number of aromatic nitrogens is 1. The van der Waals surface area contributed by atoms with Gasteiger partial charge in [0.2, 0.25) is 0 Å². The third-order valence-corrected chi connectivity index (χ3v) is 2.25. The van der Waals surface area contributed by atoms with Gasteiger partial charge in [0, 0.05) is 18.8 Å². The van der Waals surface area contributed by atoms with E-state index in [-0.39, 0.29) is 16.6 Å². The summed E-state index contributed by atoms with van der Waals surface area (Å²) in [6, 6.07) is 0. The van der Waals surface area contributed by atoms with Gasteiger partial charge in [-0.1, -0.05) is 23.2 Å². The fourth-order valence-electron chi connectivity index (χ4n) is 1.07. The minimum Gasteiger partial charge on any atom is -0.330 e. The SMILES string of the molecule is NCCC(F)(F)c1c(Cl)cncc1Cl. The van der Waals surface area contributed by atoms with E-state index in [9.17, 15) is 8.78 Å². The lowest BCUT2D eigenvalue weighted by atomic mass is 10.1. The summed E-state index contributed by atoms with van der Waals surface area (Å²) < 4.78 is 26.8. The fraction of sp³-hybridized carbons (Fsp3) is 0.375. The molecule has 0 saturated heterocycles. The van der Waals surface area contributed by atoms with E-state index in [1.807, 2.05) is 0 Å². The summed E-state index contributed by atoms with van der Waals surface area (Å²) in [7, 11) is 0. The van der Waals surface area contributed by atoms with Crippen molar-refractivity contribution >= 4 is 23.2 Å². The smallest absolute Gasteiger partial charge is 0.277 e. The molecule has 0 radical (unpaired) electrons. The summed E-state index contributed by atoms with van der Waals surface area (Å²) >= 11 is 11.2. The second-order valence-corrected chi connectivity index (χ2v) is 3.54. The molecule has 1 aromatic heterocycles. The number of alkyl halides is 2. The first-order valence-corrected chi connectivity index (χ1v) is 4.62. The summed E-state index contributed by atoms with van der Waals surface area (Å²) in [4.78, 5) is 3.59. The predicted octanol–water partition coefficient (Wildman–Crippen LogP) is 2.83. The minimum atomic E-state index is -3.11. The van der Waals surface area contributed by atoms with Gasteiger partial charge in [-0.2, -0.15) is 0 Å². The van der Waals surface area contributed by atoms with Crippen molar-refractivity contribution in [3.05, 3.63) is 28.0 Å². The normalized spacial score (nSPS) is 11.8. The van der Waals surface area contributed by atoms with Crippen LogP contribution < -0.4 is 5.73 Å². The summed E-state index contributed by atoms with van der Waals surface area (Å²) in [5, 5.41) is -0.285. The van der Waals surface area contributed by atoms with Crippen LogP contribution in [0.4, 0.5) is 8.78 Å². The summed E-state index contributed by atoms with van der Waals surface area (Å²) in [6.45, 7) is -0.137. The average molecular weight is 241 g/mol. The quantitative estimate of drug-likeness (QED) is 0.883. The molecule has 2 nitrogen and oxygen atoms in total. The summed E-state index contributed by atoms with van der Waals surface area (Å²) in [6.07, 6.45) is 1.77. The Morgan fingerprint density at radius 3 is 2.21 bits per heavy atom. The number of halogens is 4. The number of pyridine rings is 1. The van der Waals surface area contributed by atoms with Crippen LogP contribution in [0.25, 0.3) is 0 Å². The number of nitrogens with zero attached hydrogens (tertiary/aromatic N) is 1. The third-order valence-electron chi connectivity index (χ3n) is 1.68. The molecule has 0 fully saturated rings. The highest BCUT2D eigenvalue weighted by Crippen LogP contribution is 2.39. The average Bonchev–Trinajstić information content (AvgIpc) is 2.02. The van der Waals surface area contributed by atoms with E-state index in [2.05, 4.69) is 4.98 Å².